The lowest BCUT2D eigenvalue weighted by atomic mass is 9.97. The molecule has 12 heteroatoms. The molecule has 0 aromatic carbocycles. The molecule has 3 aromatic heterocycles. The van der Waals surface area contributed by atoms with E-state index < -0.39 is 11.9 Å². The lowest BCUT2D eigenvalue weighted by Crippen LogP contribution is -2.38. The fraction of sp³-hybridized carbons (Fsp3) is 0.389. The van der Waals surface area contributed by atoms with Crippen LogP contribution in [0.4, 0.5) is 19.0 Å². The first-order chi connectivity index (χ1) is 14.5. The largest absolute Gasteiger partial charge is 0.434 e. The molecule has 1 saturated heterocycles. The van der Waals surface area contributed by atoms with Gasteiger partial charge in [0.2, 0.25) is 0 Å². The molecule has 0 aliphatic carbocycles. The third-order valence-corrected chi connectivity index (χ3v) is 5.14. The standard InChI is InChI=1S/C18H16F3N9/c19-18(20,21)13-9-30-12(6-24-15(30)7-23-13)17-22-4-3-14(27-17)29-5-1-2-11(8-29)16-25-10-26-28-16/h3-4,6-7,9,11H,1-2,5,8,10H2. The Morgan fingerprint density at radius 2 is 2.00 bits per heavy atom. The summed E-state index contributed by atoms with van der Waals surface area (Å²) in [5.74, 6) is 1.93. The second-order valence-corrected chi connectivity index (χ2v) is 7.06. The summed E-state index contributed by atoms with van der Waals surface area (Å²) < 4.78 is 40.5. The molecular weight excluding hydrogens is 399 g/mol. The molecule has 0 amide bonds. The Morgan fingerprint density at radius 3 is 2.80 bits per heavy atom. The second-order valence-electron chi connectivity index (χ2n) is 7.06. The van der Waals surface area contributed by atoms with Gasteiger partial charge in [0.1, 0.15) is 11.5 Å². The molecule has 3 aromatic rings. The number of rotatable bonds is 3. The highest BCUT2D eigenvalue weighted by molar-refractivity contribution is 5.86. The molecule has 9 nitrogen and oxygen atoms in total. The number of azo groups is 1. The van der Waals surface area contributed by atoms with E-state index in [-0.39, 0.29) is 11.6 Å². The number of nitrogens with zero attached hydrogens (tertiary/aromatic N) is 9. The minimum atomic E-state index is -4.55. The van der Waals surface area contributed by atoms with Crippen molar-refractivity contribution in [2.24, 2.45) is 21.1 Å². The Labute approximate surface area is 168 Å². The van der Waals surface area contributed by atoms with Crippen LogP contribution in [0.15, 0.2) is 46.1 Å². The fourth-order valence-electron chi connectivity index (χ4n) is 3.70. The molecule has 0 spiro atoms. The van der Waals surface area contributed by atoms with E-state index in [0.717, 1.165) is 37.6 Å². The van der Waals surface area contributed by atoms with Crippen LogP contribution in [0.3, 0.4) is 0 Å². The monoisotopic (exact) mass is 415 g/mol. The summed E-state index contributed by atoms with van der Waals surface area (Å²) in [6.07, 6.45) is 2.42. The van der Waals surface area contributed by atoms with Crippen molar-refractivity contribution < 1.29 is 13.2 Å². The van der Waals surface area contributed by atoms with Crippen molar-refractivity contribution in [1.29, 1.82) is 0 Å². The van der Waals surface area contributed by atoms with Crippen LogP contribution in [0.25, 0.3) is 17.2 Å². The van der Waals surface area contributed by atoms with E-state index >= 15 is 0 Å². The predicted octanol–water partition coefficient (Wildman–Crippen LogP) is 3.24. The van der Waals surface area contributed by atoms with Crippen LogP contribution in [0.2, 0.25) is 0 Å². The smallest absolute Gasteiger partial charge is 0.356 e. The normalized spacial score (nSPS) is 19.5. The summed E-state index contributed by atoms with van der Waals surface area (Å²) in [4.78, 5) is 22.9. The first-order valence-corrected chi connectivity index (χ1v) is 9.39. The van der Waals surface area contributed by atoms with Crippen molar-refractivity contribution in [3.63, 3.8) is 0 Å². The zero-order valence-electron chi connectivity index (χ0n) is 15.7. The van der Waals surface area contributed by atoms with Crippen LogP contribution in [0.5, 0.6) is 0 Å². The summed E-state index contributed by atoms with van der Waals surface area (Å²) in [5.41, 5.74) is -0.354. The van der Waals surface area contributed by atoms with Crippen LogP contribution in [-0.4, -0.2) is 49.9 Å². The highest BCUT2D eigenvalue weighted by atomic mass is 19.4. The topological polar surface area (TPSA) is 96.3 Å². The maximum atomic E-state index is 13.1. The summed E-state index contributed by atoms with van der Waals surface area (Å²) in [7, 11) is 0. The maximum Gasteiger partial charge on any atom is 0.434 e. The number of imidazole rings is 1. The Kier molecular flexibility index (Phi) is 4.40. The SMILES string of the molecule is FC(F)(F)c1cn2c(-c3nccc(N4CCCC(C5=NCN=N5)C4)n3)cnc2cn1. The number of amidine groups is 1. The van der Waals surface area contributed by atoms with Crippen LogP contribution >= 0.6 is 0 Å². The molecule has 30 heavy (non-hydrogen) atoms. The van der Waals surface area contributed by atoms with Gasteiger partial charge < -0.3 is 4.90 Å². The quantitative estimate of drug-likeness (QED) is 0.654. The number of aliphatic imine (C=N–C) groups is 1. The lowest BCUT2D eigenvalue weighted by molar-refractivity contribution is -0.141. The molecule has 0 bridgehead atoms. The minimum Gasteiger partial charge on any atom is -0.356 e. The van der Waals surface area contributed by atoms with E-state index in [0.29, 0.717) is 30.5 Å². The summed E-state index contributed by atoms with van der Waals surface area (Å²) in [5, 5.41) is 8.04. The van der Waals surface area contributed by atoms with Crippen LogP contribution in [0.1, 0.15) is 18.5 Å². The Hall–Kier alpha value is -3.44. The molecule has 154 valence electrons. The third kappa shape index (κ3) is 3.37. The van der Waals surface area contributed by atoms with Crippen molar-refractivity contribution in [3.8, 4) is 11.5 Å². The lowest BCUT2D eigenvalue weighted by Gasteiger charge is -2.32. The number of hydrogen-bond acceptors (Lipinski definition) is 8. The zero-order chi connectivity index (χ0) is 20.7. The van der Waals surface area contributed by atoms with Crippen LogP contribution < -0.4 is 4.90 Å². The number of halogens is 3. The van der Waals surface area contributed by atoms with Crippen molar-refractivity contribution in [3.05, 3.63) is 36.5 Å². The molecule has 1 atom stereocenters. The molecule has 5 heterocycles. The van der Waals surface area contributed by atoms with Gasteiger partial charge >= 0.3 is 6.18 Å². The van der Waals surface area contributed by atoms with Gasteiger partial charge in [-0.2, -0.15) is 18.3 Å². The van der Waals surface area contributed by atoms with Crippen molar-refractivity contribution in [2.75, 3.05) is 24.7 Å². The molecule has 2 aliphatic rings. The predicted molar refractivity (Wildman–Crippen MR) is 101 cm³/mol. The number of fused-ring (bicyclic) bond motifs is 1. The van der Waals surface area contributed by atoms with E-state index in [1.54, 1.807) is 12.3 Å². The average molecular weight is 415 g/mol. The van der Waals surface area contributed by atoms with E-state index in [9.17, 15) is 13.2 Å². The molecular formula is C18H16F3N9. The van der Waals surface area contributed by atoms with Gasteiger partial charge in [-0.25, -0.2) is 24.9 Å². The van der Waals surface area contributed by atoms with Gasteiger partial charge in [0.15, 0.2) is 29.7 Å². The number of alkyl halides is 3. The molecule has 1 unspecified atom stereocenters. The molecule has 1 fully saturated rings. The van der Waals surface area contributed by atoms with Gasteiger partial charge in [0, 0.05) is 31.4 Å². The van der Waals surface area contributed by atoms with E-state index in [1.165, 1.54) is 10.6 Å². The average Bonchev–Trinajstić information content (AvgIpc) is 3.43. The molecule has 5 rings (SSSR count). The highest BCUT2D eigenvalue weighted by Gasteiger charge is 2.33. The maximum absolute atomic E-state index is 13.1. The molecule has 0 radical (unpaired) electrons. The van der Waals surface area contributed by atoms with E-state index in [4.69, 9.17) is 0 Å². The van der Waals surface area contributed by atoms with E-state index in [1.807, 2.05) is 0 Å². The third-order valence-electron chi connectivity index (χ3n) is 5.14. The first-order valence-electron chi connectivity index (χ1n) is 9.39. The zero-order valence-corrected chi connectivity index (χ0v) is 15.7. The van der Waals surface area contributed by atoms with Crippen molar-refractivity contribution >= 4 is 17.3 Å². The molecule has 2 aliphatic heterocycles. The van der Waals surface area contributed by atoms with Crippen LogP contribution in [-0.2, 0) is 6.18 Å². The van der Waals surface area contributed by atoms with Gasteiger partial charge in [0.25, 0.3) is 0 Å². The van der Waals surface area contributed by atoms with Crippen molar-refractivity contribution in [2.45, 2.75) is 19.0 Å². The number of aromatic nitrogens is 5. The van der Waals surface area contributed by atoms with E-state index in [2.05, 4.69) is 40.1 Å². The fourth-order valence-corrected chi connectivity index (χ4v) is 3.70. The Morgan fingerprint density at radius 1 is 1.10 bits per heavy atom. The van der Waals surface area contributed by atoms with Crippen LogP contribution in [0, 0.1) is 5.92 Å². The Balaban J connectivity index is 1.47. The molecule has 0 saturated carbocycles. The van der Waals surface area contributed by atoms with Gasteiger partial charge in [-0.15, -0.1) is 5.11 Å². The first kappa shape index (κ1) is 18.6. The molecule has 0 N–H and O–H groups in total. The van der Waals surface area contributed by atoms with Gasteiger partial charge in [-0.05, 0) is 18.9 Å². The van der Waals surface area contributed by atoms with Gasteiger partial charge in [0.05, 0.1) is 12.4 Å². The van der Waals surface area contributed by atoms with Gasteiger partial charge in [-0.3, -0.25) is 4.40 Å². The Bertz CT molecular complexity index is 1150. The second kappa shape index (κ2) is 7.11. The number of anilines is 1. The summed E-state index contributed by atoms with van der Waals surface area (Å²) >= 11 is 0. The highest BCUT2D eigenvalue weighted by Crippen LogP contribution is 2.29. The number of hydrogen-bond donors (Lipinski definition) is 0. The van der Waals surface area contributed by atoms with Crippen molar-refractivity contribution in [1.82, 2.24) is 24.3 Å². The summed E-state index contributed by atoms with van der Waals surface area (Å²) in [6.45, 7) is 1.89. The van der Waals surface area contributed by atoms with Gasteiger partial charge in [-0.1, -0.05) is 0 Å². The minimum absolute atomic E-state index is 0.180. The summed E-state index contributed by atoms with van der Waals surface area (Å²) in [6, 6.07) is 1.79. The number of piperidine rings is 1.